The second-order valence-electron chi connectivity index (χ2n) is 5.56. The number of rotatable bonds is 4. The van der Waals surface area contributed by atoms with Crippen molar-refractivity contribution in [3.05, 3.63) is 48.9 Å². The molecule has 3 aromatic heterocycles. The third-order valence-corrected chi connectivity index (χ3v) is 4.24. The first-order valence-electron chi connectivity index (χ1n) is 7.37. The summed E-state index contributed by atoms with van der Waals surface area (Å²) in [6.45, 7) is 3.01. The van der Waals surface area contributed by atoms with Gasteiger partial charge in [-0.1, -0.05) is 6.07 Å². The highest BCUT2D eigenvalue weighted by Gasteiger charge is 2.25. The van der Waals surface area contributed by atoms with Gasteiger partial charge in [0.05, 0.1) is 6.54 Å². The molecule has 0 radical (unpaired) electrons. The molecule has 1 unspecified atom stereocenters. The molecule has 1 atom stereocenters. The lowest BCUT2D eigenvalue weighted by Gasteiger charge is -2.24. The number of likely N-dealkylation sites (tertiary alicyclic amines) is 1. The maximum absolute atomic E-state index is 4.36. The Bertz CT molecular complexity index is 717. The van der Waals surface area contributed by atoms with Crippen molar-refractivity contribution in [2.75, 3.05) is 6.54 Å². The van der Waals surface area contributed by atoms with Crippen LogP contribution in [0.3, 0.4) is 0 Å². The van der Waals surface area contributed by atoms with E-state index in [9.17, 15) is 0 Å². The van der Waals surface area contributed by atoms with Crippen molar-refractivity contribution >= 4 is 5.65 Å². The van der Waals surface area contributed by atoms with Crippen molar-refractivity contribution in [2.24, 2.45) is 0 Å². The van der Waals surface area contributed by atoms with Gasteiger partial charge in [0.2, 0.25) is 0 Å². The summed E-state index contributed by atoms with van der Waals surface area (Å²) in [5.41, 5.74) is 2.30. The van der Waals surface area contributed by atoms with Gasteiger partial charge in [-0.05, 0) is 31.5 Å². The van der Waals surface area contributed by atoms with E-state index in [2.05, 4.69) is 36.5 Å². The van der Waals surface area contributed by atoms with E-state index in [1.54, 1.807) is 12.7 Å². The average molecular weight is 282 g/mol. The van der Waals surface area contributed by atoms with Crippen molar-refractivity contribution in [1.82, 2.24) is 29.0 Å². The fourth-order valence-corrected chi connectivity index (χ4v) is 3.20. The molecular weight excluding hydrogens is 264 g/mol. The zero-order chi connectivity index (χ0) is 14.1. The Labute approximate surface area is 123 Å². The van der Waals surface area contributed by atoms with Gasteiger partial charge in [0.15, 0.2) is 0 Å². The molecule has 6 heteroatoms. The lowest BCUT2D eigenvalue weighted by atomic mass is 10.2. The van der Waals surface area contributed by atoms with Gasteiger partial charge in [0.1, 0.15) is 18.3 Å². The third kappa shape index (κ3) is 2.42. The minimum Gasteiger partial charge on any atom is -0.303 e. The van der Waals surface area contributed by atoms with Crippen molar-refractivity contribution in [3.8, 4) is 0 Å². The van der Waals surface area contributed by atoms with Gasteiger partial charge >= 0.3 is 0 Å². The summed E-state index contributed by atoms with van der Waals surface area (Å²) in [4.78, 5) is 10.9. The normalized spacial score (nSPS) is 19.5. The molecule has 1 saturated heterocycles. The first-order valence-corrected chi connectivity index (χ1v) is 7.37. The number of imidazole rings is 1. The van der Waals surface area contributed by atoms with Gasteiger partial charge in [0, 0.05) is 30.7 Å². The number of aromatic nitrogens is 5. The quantitative estimate of drug-likeness (QED) is 0.729. The lowest BCUT2D eigenvalue weighted by Crippen LogP contribution is -2.33. The summed E-state index contributed by atoms with van der Waals surface area (Å²) in [6, 6.07) is 6.84. The predicted molar refractivity (Wildman–Crippen MR) is 78.6 cm³/mol. The first kappa shape index (κ1) is 12.5. The van der Waals surface area contributed by atoms with E-state index in [4.69, 9.17) is 0 Å². The minimum absolute atomic E-state index is 0.533. The fraction of sp³-hybridized carbons (Fsp3) is 0.400. The maximum atomic E-state index is 4.36. The Kier molecular flexibility index (Phi) is 3.16. The van der Waals surface area contributed by atoms with Crippen LogP contribution < -0.4 is 0 Å². The Hall–Kier alpha value is -2.21. The summed E-state index contributed by atoms with van der Waals surface area (Å²) in [7, 11) is 0. The fourth-order valence-electron chi connectivity index (χ4n) is 3.20. The number of fused-ring (bicyclic) bond motifs is 1. The van der Waals surface area contributed by atoms with Crippen LogP contribution in [0.2, 0.25) is 0 Å². The lowest BCUT2D eigenvalue weighted by molar-refractivity contribution is 0.216. The monoisotopic (exact) mass is 282 g/mol. The van der Waals surface area contributed by atoms with Gasteiger partial charge in [-0.2, -0.15) is 5.10 Å². The predicted octanol–water partition coefficient (Wildman–Crippen LogP) is 1.59. The summed E-state index contributed by atoms with van der Waals surface area (Å²) in [5.74, 6) is 0. The standard InChI is InChI=1S/C15H18N6/c1-3-14(21-8-6-17-15(21)5-1)9-19-7-2-4-13(19)10-20-12-16-11-18-20/h1,3,5-6,8,11-13H,2,4,7,9-10H2. The second-order valence-corrected chi connectivity index (χ2v) is 5.56. The van der Waals surface area contributed by atoms with Crippen LogP contribution in [0, 0.1) is 0 Å². The van der Waals surface area contributed by atoms with E-state index >= 15 is 0 Å². The molecule has 6 nitrogen and oxygen atoms in total. The van der Waals surface area contributed by atoms with Crippen molar-refractivity contribution in [3.63, 3.8) is 0 Å². The third-order valence-electron chi connectivity index (χ3n) is 4.24. The van der Waals surface area contributed by atoms with Crippen LogP contribution in [0.4, 0.5) is 0 Å². The van der Waals surface area contributed by atoms with Crippen LogP contribution in [-0.4, -0.2) is 41.6 Å². The zero-order valence-electron chi connectivity index (χ0n) is 11.8. The van der Waals surface area contributed by atoms with Crippen LogP contribution in [-0.2, 0) is 13.1 Å². The van der Waals surface area contributed by atoms with Crippen molar-refractivity contribution < 1.29 is 0 Å². The first-order chi connectivity index (χ1) is 10.4. The molecule has 4 heterocycles. The van der Waals surface area contributed by atoms with E-state index < -0.39 is 0 Å². The summed E-state index contributed by atoms with van der Waals surface area (Å²) < 4.78 is 4.10. The largest absolute Gasteiger partial charge is 0.303 e. The van der Waals surface area contributed by atoms with Crippen LogP contribution in [0.1, 0.15) is 18.5 Å². The molecule has 1 aliphatic heterocycles. The maximum Gasteiger partial charge on any atom is 0.137 e. The van der Waals surface area contributed by atoms with Crippen LogP contribution >= 0.6 is 0 Å². The number of hydrogen-bond acceptors (Lipinski definition) is 4. The average Bonchev–Trinajstić information content (AvgIpc) is 3.22. The summed E-state index contributed by atoms with van der Waals surface area (Å²) in [5, 5.41) is 4.23. The number of pyridine rings is 1. The molecule has 0 aromatic carbocycles. The molecule has 1 aliphatic rings. The molecule has 1 fully saturated rings. The van der Waals surface area contributed by atoms with Crippen molar-refractivity contribution in [2.45, 2.75) is 32.0 Å². The molecule has 3 aromatic rings. The van der Waals surface area contributed by atoms with E-state index in [0.717, 1.165) is 25.3 Å². The molecule has 0 bridgehead atoms. The van der Waals surface area contributed by atoms with E-state index in [1.165, 1.54) is 18.5 Å². The highest BCUT2D eigenvalue weighted by molar-refractivity contribution is 5.39. The smallest absolute Gasteiger partial charge is 0.137 e. The van der Waals surface area contributed by atoms with E-state index in [-0.39, 0.29) is 0 Å². The van der Waals surface area contributed by atoms with Gasteiger partial charge in [-0.3, -0.25) is 9.58 Å². The molecule has 108 valence electrons. The highest BCUT2D eigenvalue weighted by Crippen LogP contribution is 2.21. The molecule has 0 saturated carbocycles. The van der Waals surface area contributed by atoms with Gasteiger partial charge in [-0.15, -0.1) is 0 Å². The van der Waals surface area contributed by atoms with Crippen LogP contribution in [0.15, 0.2) is 43.2 Å². The number of nitrogens with zero attached hydrogens (tertiary/aromatic N) is 6. The molecule has 4 rings (SSSR count). The molecule has 0 amide bonds. The highest BCUT2D eigenvalue weighted by atomic mass is 15.3. The molecule has 0 spiro atoms. The van der Waals surface area contributed by atoms with Crippen LogP contribution in [0.5, 0.6) is 0 Å². The molecule has 0 aliphatic carbocycles. The molecule has 21 heavy (non-hydrogen) atoms. The minimum atomic E-state index is 0.533. The van der Waals surface area contributed by atoms with E-state index in [1.807, 2.05) is 23.1 Å². The Morgan fingerprint density at radius 2 is 2.29 bits per heavy atom. The second kappa shape index (κ2) is 5.29. The Morgan fingerprint density at radius 3 is 3.19 bits per heavy atom. The van der Waals surface area contributed by atoms with Gasteiger partial charge in [-0.25, -0.2) is 9.97 Å². The SMILES string of the molecule is c1cc(CN2CCCC2Cn2cncn2)n2ccnc2c1. The topological polar surface area (TPSA) is 51.2 Å². The summed E-state index contributed by atoms with van der Waals surface area (Å²) >= 11 is 0. The zero-order valence-corrected chi connectivity index (χ0v) is 11.8. The van der Waals surface area contributed by atoms with Gasteiger partial charge in [0.25, 0.3) is 0 Å². The molecular formula is C15H18N6. The van der Waals surface area contributed by atoms with E-state index in [0.29, 0.717) is 6.04 Å². The Morgan fingerprint density at radius 1 is 1.29 bits per heavy atom. The molecule has 0 N–H and O–H groups in total. The van der Waals surface area contributed by atoms with Crippen molar-refractivity contribution in [1.29, 1.82) is 0 Å². The Balaban J connectivity index is 1.54. The van der Waals surface area contributed by atoms with Crippen LogP contribution in [0.25, 0.3) is 5.65 Å². The summed E-state index contributed by atoms with van der Waals surface area (Å²) in [6.07, 6.45) is 9.76. The van der Waals surface area contributed by atoms with Gasteiger partial charge < -0.3 is 4.40 Å². The number of hydrogen-bond donors (Lipinski definition) is 0.